The number of carbonyl (C=O) groups excluding carboxylic acids is 2. The molecule has 1 rings (SSSR count). The number of nitrogens with one attached hydrogen (secondary N) is 2. The summed E-state index contributed by atoms with van der Waals surface area (Å²) in [6.07, 6.45) is 3.64. The van der Waals surface area contributed by atoms with Crippen molar-refractivity contribution in [2.24, 2.45) is 0 Å². The highest BCUT2D eigenvalue weighted by atomic mass is 16.2. The molecule has 1 aliphatic heterocycles. The first-order chi connectivity index (χ1) is 6.63. The summed E-state index contributed by atoms with van der Waals surface area (Å²) in [5.41, 5.74) is 0. The van der Waals surface area contributed by atoms with Crippen LogP contribution in [0.2, 0.25) is 0 Å². The monoisotopic (exact) mass is 196 g/mol. The Morgan fingerprint density at radius 2 is 2.43 bits per heavy atom. The Kier molecular flexibility index (Phi) is 3.83. The van der Waals surface area contributed by atoms with Crippen LogP contribution < -0.4 is 10.6 Å². The van der Waals surface area contributed by atoms with Crippen LogP contribution >= 0.6 is 0 Å². The second-order valence-electron chi connectivity index (χ2n) is 3.60. The van der Waals surface area contributed by atoms with Crippen LogP contribution in [0.4, 0.5) is 0 Å². The molecule has 4 nitrogen and oxygen atoms in total. The van der Waals surface area contributed by atoms with Gasteiger partial charge < -0.3 is 5.32 Å². The van der Waals surface area contributed by atoms with Crippen molar-refractivity contribution in [3.05, 3.63) is 12.7 Å². The molecule has 14 heavy (non-hydrogen) atoms. The maximum Gasteiger partial charge on any atom is 0.243 e. The van der Waals surface area contributed by atoms with Gasteiger partial charge in [0.15, 0.2) is 0 Å². The third-order valence-corrected chi connectivity index (χ3v) is 2.25. The second-order valence-corrected chi connectivity index (χ2v) is 3.60. The maximum absolute atomic E-state index is 11.3. The van der Waals surface area contributed by atoms with Gasteiger partial charge in [0, 0.05) is 12.5 Å². The summed E-state index contributed by atoms with van der Waals surface area (Å²) in [4.78, 5) is 22.2. The zero-order valence-corrected chi connectivity index (χ0v) is 8.38. The van der Waals surface area contributed by atoms with E-state index in [1.54, 1.807) is 0 Å². The van der Waals surface area contributed by atoms with Gasteiger partial charge in [-0.1, -0.05) is 6.08 Å². The lowest BCUT2D eigenvalue weighted by Crippen LogP contribution is -2.52. The molecule has 0 spiro atoms. The molecule has 78 valence electrons. The lowest BCUT2D eigenvalue weighted by Gasteiger charge is -2.24. The SMILES string of the molecule is C=CCC(C)NC1CCC(=O)NC1=O. The molecule has 1 aliphatic rings. The molecular weight excluding hydrogens is 180 g/mol. The molecule has 0 bridgehead atoms. The first-order valence-corrected chi connectivity index (χ1v) is 4.84. The number of hydrogen-bond donors (Lipinski definition) is 2. The zero-order chi connectivity index (χ0) is 10.6. The van der Waals surface area contributed by atoms with E-state index in [2.05, 4.69) is 17.2 Å². The Morgan fingerprint density at radius 1 is 1.71 bits per heavy atom. The van der Waals surface area contributed by atoms with Crippen LogP contribution in [0.25, 0.3) is 0 Å². The summed E-state index contributed by atoms with van der Waals surface area (Å²) < 4.78 is 0. The van der Waals surface area contributed by atoms with Crippen molar-refractivity contribution in [3.63, 3.8) is 0 Å². The van der Waals surface area contributed by atoms with Gasteiger partial charge in [0.25, 0.3) is 0 Å². The minimum absolute atomic E-state index is 0.176. The number of imide groups is 1. The molecular formula is C10H16N2O2. The molecule has 0 aromatic carbocycles. The quantitative estimate of drug-likeness (QED) is 0.503. The van der Waals surface area contributed by atoms with E-state index in [1.165, 1.54) is 0 Å². The smallest absolute Gasteiger partial charge is 0.243 e. The van der Waals surface area contributed by atoms with E-state index in [9.17, 15) is 9.59 Å². The van der Waals surface area contributed by atoms with Crippen LogP contribution in [-0.4, -0.2) is 23.9 Å². The lowest BCUT2D eigenvalue weighted by molar-refractivity contribution is -0.134. The number of carbonyl (C=O) groups is 2. The van der Waals surface area contributed by atoms with Crippen molar-refractivity contribution in [2.75, 3.05) is 0 Å². The summed E-state index contributed by atoms with van der Waals surface area (Å²) in [6.45, 7) is 5.62. The van der Waals surface area contributed by atoms with E-state index in [4.69, 9.17) is 0 Å². The van der Waals surface area contributed by atoms with Gasteiger partial charge in [0.1, 0.15) is 0 Å². The molecule has 2 atom stereocenters. The first kappa shape index (κ1) is 10.9. The summed E-state index contributed by atoms with van der Waals surface area (Å²) in [6, 6.07) is -0.0147. The number of piperidine rings is 1. The van der Waals surface area contributed by atoms with E-state index in [1.807, 2.05) is 13.0 Å². The third-order valence-electron chi connectivity index (χ3n) is 2.25. The minimum Gasteiger partial charge on any atom is -0.303 e. The summed E-state index contributed by atoms with van der Waals surface area (Å²) in [5, 5.41) is 5.47. The highest BCUT2D eigenvalue weighted by molar-refractivity contribution is 6.00. The van der Waals surface area contributed by atoms with Gasteiger partial charge in [-0.05, 0) is 19.8 Å². The standard InChI is InChI=1S/C10H16N2O2/c1-3-4-7(2)11-8-5-6-9(13)12-10(8)14/h3,7-8,11H,1,4-6H2,2H3,(H,12,13,14). The van der Waals surface area contributed by atoms with Crippen LogP contribution in [-0.2, 0) is 9.59 Å². The Labute approximate surface area is 83.8 Å². The number of hydrogen-bond acceptors (Lipinski definition) is 3. The Hall–Kier alpha value is -1.16. The molecule has 2 N–H and O–H groups in total. The van der Waals surface area contributed by atoms with Crippen LogP contribution in [0.1, 0.15) is 26.2 Å². The predicted molar refractivity (Wildman–Crippen MR) is 53.6 cm³/mol. The fourth-order valence-electron chi connectivity index (χ4n) is 1.51. The minimum atomic E-state index is -0.234. The molecule has 0 saturated carbocycles. The Morgan fingerprint density at radius 3 is 3.00 bits per heavy atom. The van der Waals surface area contributed by atoms with Crippen molar-refractivity contribution >= 4 is 11.8 Å². The molecule has 0 aliphatic carbocycles. The number of amides is 2. The molecule has 1 fully saturated rings. The molecule has 4 heteroatoms. The predicted octanol–water partition coefficient (Wildman–Crippen LogP) is 0.346. The topological polar surface area (TPSA) is 58.2 Å². The van der Waals surface area contributed by atoms with Crippen molar-refractivity contribution in [1.29, 1.82) is 0 Å². The number of rotatable bonds is 4. The maximum atomic E-state index is 11.3. The van der Waals surface area contributed by atoms with Crippen molar-refractivity contribution in [3.8, 4) is 0 Å². The summed E-state index contributed by atoms with van der Waals surface area (Å²) >= 11 is 0. The Balaban J connectivity index is 2.41. The molecule has 2 unspecified atom stereocenters. The third kappa shape index (κ3) is 2.96. The van der Waals surface area contributed by atoms with Crippen LogP contribution in [0.15, 0.2) is 12.7 Å². The second kappa shape index (κ2) is 4.91. The fraction of sp³-hybridized carbons (Fsp3) is 0.600. The normalized spacial score (nSPS) is 24.2. The van der Waals surface area contributed by atoms with E-state index < -0.39 is 0 Å². The summed E-state index contributed by atoms with van der Waals surface area (Å²) in [7, 11) is 0. The van der Waals surface area contributed by atoms with Gasteiger partial charge in [-0.25, -0.2) is 0 Å². The molecule has 0 aromatic heterocycles. The van der Waals surface area contributed by atoms with Gasteiger partial charge in [0.05, 0.1) is 6.04 Å². The van der Waals surface area contributed by atoms with E-state index in [-0.39, 0.29) is 23.9 Å². The molecule has 0 radical (unpaired) electrons. The average molecular weight is 196 g/mol. The Bertz CT molecular complexity index is 251. The van der Waals surface area contributed by atoms with Crippen LogP contribution in [0, 0.1) is 0 Å². The van der Waals surface area contributed by atoms with Crippen molar-refractivity contribution in [1.82, 2.24) is 10.6 Å². The van der Waals surface area contributed by atoms with Crippen LogP contribution in [0.5, 0.6) is 0 Å². The van der Waals surface area contributed by atoms with Gasteiger partial charge in [-0.3, -0.25) is 14.9 Å². The van der Waals surface area contributed by atoms with Crippen molar-refractivity contribution < 1.29 is 9.59 Å². The molecule has 2 amide bonds. The lowest BCUT2D eigenvalue weighted by atomic mass is 10.0. The molecule has 0 aromatic rings. The van der Waals surface area contributed by atoms with E-state index in [0.717, 1.165) is 6.42 Å². The van der Waals surface area contributed by atoms with Gasteiger partial charge in [0.2, 0.25) is 11.8 Å². The van der Waals surface area contributed by atoms with E-state index >= 15 is 0 Å². The van der Waals surface area contributed by atoms with Gasteiger partial charge in [-0.15, -0.1) is 6.58 Å². The first-order valence-electron chi connectivity index (χ1n) is 4.84. The fourth-order valence-corrected chi connectivity index (χ4v) is 1.51. The largest absolute Gasteiger partial charge is 0.303 e. The van der Waals surface area contributed by atoms with E-state index in [0.29, 0.717) is 12.8 Å². The molecule has 1 heterocycles. The highest BCUT2D eigenvalue weighted by Crippen LogP contribution is 2.06. The van der Waals surface area contributed by atoms with Crippen molar-refractivity contribution in [2.45, 2.75) is 38.3 Å². The van der Waals surface area contributed by atoms with Gasteiger partial charge in [-0.2, -0.15) is 0 Å². The molecule has 1 saturated heterocycles. The van der Waals surface area contributed by atoms with Crippen LogP contribution in [0.3, 0.4) is 0 Å². The average Bonchev–Trinajstić information content (AvgIpc) is 2.10. The highest BCUT2D eigenvalue weighted by Gasteiger charge is 2.26. The zero-order valence-electron chi connectivity index (χ0n) is 8.38. The van der Waals surface area contributed by atoms with Gasteiger partial charge >= 0.3 is 0 Å². The summed E-state index contributed by atoms with van der Waals surface area (Å²) in [5.74, 6) is -0.387.